The van der Waals surface area contributed by atoms with Crippen LogP contribution < -0.4 is 5.32 Å². The Balaban J connectivity index is 1.48. The lowest BCUT2D eigenvalue weighted by Crippen LogP contribution is -2.38. The van der Waals surface area contributed by atoms with Crippen LogP contribution in [0.3, 0.4) is 0 Å². The van der Waals surface area contributed by atoms with Crippen LogP contribution in [0.4, 0.5) is 9.18 Å². The Morgan fingerprint density at radius 3 is 2.67 bits per heavy atom. The largest absolute Gasteiger partial charge is 0.443 e. The summed E-state index contributed by atoms with van der Waals surface area (Å²) in [5.74, 6) is -0.535. The SMILES string of the molecule is CC(C)(OC(=O)NC(=O)c1cccc(-c2noc(-c3ccccc3F)n2)c1)C1CC1. The first-order valence-electron chi connectivity index (χ1n) is 9.57. The van der Waals surface area contributed by atoms with Crippen molar-refractivity contribution in [1.29, 1.82) is 0 Å². The third-order valence-electron chi connectivity index (χ3n) is 5.05. The van der Waals surface area contributed by atoms with Gasteiger partial charge in [0.05, 0.1) is 5.56 Å². The number of carbonyl (C=O) groups excluding carboxylic acids is 2. The van der Waals surface area contributed by atoms with Crippen molar-refractivity contribution < 1.29 is 23.2 Å². The van der Waals surface area contributed by atoms with Crippen molar-refractivity contribution in [2.45, 2.75) is 32.3 Å². The molecule has 0 unspecified atom stereocenters. The van der Waals surface area contributed by atoms with Gasteiger partial charge in [-0.05, 0) is 56.9 Å². The highest BCUT2D eigenvalue weighted by molar-refractivity contribution is 6.03. The van der Waals surface area contributed by atoms with Crippen molar-refractivity contribution in [2.24, 2.45) is 5.92 Å². The number of halogens is 1. The second-order valence-corrected chi connectivity index (χ2v) is 7.71. The molecule has 1 heterocycles. The smallest absolute Gasteiger partial charge is 0.414 e. The van der Waals surface area contributed by atoms with E-state index in [9.17, 15) is 14.0 Å². The molecule has 0 spiro atoms. The number of benzene rings is 2. The summed E-state index contributed by atoms with van der Waals surface area (Å²) in [6, 6.07) is 12.4. The average molecular weight is 409 g/mol. The number of rotatable bonds is 5. The van der Waals surface area contributed by atoms with E-state index in [0.717, 1.165) is 12.8 Å². The van der Waals surface area contributed by atoms with Gasteiger partial charge in [-0.3, -0.25) is 10.1 Å². The minimum atomic E-state index is -0.788. The Morgan fingerprint density at radius 2 is 1.93 bits per heavy atom. The average Bonchev–Trinajstić information content (AvgIpc) is 3.47. The number of amides is 2. The predicted molar refractivity (Wildman–Crippen MR) is 106 cm³/mol. The molecule has 0 aliphatic heterocycles. The van der Waals surface area contributed by atoms with Gasteiger partial charge in [-0.15, -0.1) is 0 Å². The topological polar surface area (TPSA) is 94.3 Å². The molecule has 1 N–H and O–H groups in total. The molecule has 2 aromatic carbocycles. The summed E-state index contributed by atoms with van der Waals surface area (Å²) in [5, 5.41) is 6.10. The number of alkyl carbamates (subject to hydrolysis) is 1. The van der Waals surface area contributed by atoms with Crippen molar-refractivity contribution in [3.63, 3.8) is 0 Å². The highest BCUT2D eigenvalue weighted by Gasteiger charge is 2.41. The normalized spacial score (nSPS) is 13.7. The molecule has 1 aliphatic carbocycles. The standard InChI is InChI=1S/C22H20FN3O4/c1-22(2,15-10-11-15)29-21(28)25-19(27)14-7-5-6-13(12-14)18-24-20(30-26-18)16-8-3-4-9-17(16)23/h3-9,12,15H,10-11H2,1-2H3,(H,25,27,28). The van der Waals surface area contributed by atoms with E-state index in [0.29, 0.717) is 11.5 Å². The van der Waals surface area contributed by atoms with E-state index < -0.39 is 23.4 Å². The van der Waals surface area contributed by atoms with Gasteiger partial charge < -0.3 is 9.26 Å². The molecular formula is C22H20FN3O4. The lowest BCUT2D eigenvalue weighted by molar-refractivity contribution is 0.0227. The van der Waals surface area contributed by atoms with Crippen LogP contribution in [0.2, 0.25) is 0 Å². The van der Waals surface area contributed by atoms with Gasteiger partial charge in [-0.25, -0.2) is 9.18 Å². The van der Waals surface area contributed by atoms with Crippen LogP contribution in [0.25, 0.3) is 22.8 Å². The van der Waals surface area contributed by atoms with Gasteiger partial charge in [-0.2, -0.15) is 4.98 Å². The summed E-state index contributed by atoms with van der Waals surface area (Å²) < 4.78 is 24.5. The number of hydrogen-bond acceptors (Lipinski definition) is 6. The van der Waals surface area contributed by atoms with Crippen molar-refractivity contribution >= 4 is 12.0 Å². The molecule has 1 fully saturated rings. The molecule has 30 heavy (non-hydrogen) atoms. The summed E-state index contributed by atoms with van der Waals surface area (Å²) in [6.45, 7) is 3.66. The minimum Gasteiger partial charge on any atom is -0.443 e. The van der Waals surface area contributed by atoms with E-state index in [2.05, 4.69) is 15.5 Å². The summed E-state index contributed by atoms with van der Waals surface area (Å²) in [4.78, 5) is 28.8. The van der Waals surface area contributed by atoms with Crippen molar-refractivity contribution in [3.05, 3.63) is 59.9 Å². The van der Waals surface area contributed by atoms with Gasteiger partial charge in [0.2, 0.25) is 5.82 Å². The summed E-state index contributed by atoms with van der Waals surface area (Å²) in [5.41, 5.74) is 0.290. The van der Waals surface area contributed by atoms with Crippen LogP contribution in [0.15, 0.2) is 53.1 Å². The lowest BCUT2D eigenvalue weighted by atomic mass is 10.0. The third kappa shape index (κ3) is 4.22. The first kappa shape index (κ1) is 19.8. The molecule has 4 rings (SSSR count). The predicted octanol–water partition coefficient (Wildman–Crippen LogP) is 4.60. The van der Waals surface area contributed by atoms with Gasteiger partial charge in [0.25, 0.3) is 11.8 Å². The maximum atomic E-state index is 13.9. The molecule has 1 aromatic heterocycles. The molecule has 1 saturated carbocycles. The number of nitrogens with one attached hydrogen (secondary N) is 1. The fourth-order valence-electron chi connectivity index (χ4n) is 3.18. The van der Waals surface area contributed by atoms with E-state index in [-0.39, 0.29) is 22.8 Å². The second kappa shape index (κ2) is 7.70. The van der Waals surface area contributed by atoms with Crippen molar-refractivity contribution in [2.75, 3.05) is 0 Å². The molecule has 154 valence electrons. The second-order valence-electron chi connectivity index (χ2n) is 7.71. The maximum Gasteiger partial charge on any atom is 0.414 e. The first-order chi connectivity index (χ1) is 14.3. The number of ether oxygens (including phenoxy) is 1. The molecule has 0 saturated heterocycles. The Hall–Kier alpha value is -3.55. The number of aromatic nitrogens is 2. The molecule has 0 bridgehead atoms. The van der Waals surface area contributed by atoms with Gasteiger partial charge in [-0.1, -0.05) is 29.4 Å². The van der Waals surface area contributed by atoms with E-state index in [4.69, 9.17) is 9.26 Å². The Kier molecular flexibility index (Phi) is 5.07. The van der Waals surface area contributed by atoms with Crippen LogP contribution in [0.5, 0.6) is 0 Å². The van der Waals surface area contributed by atoms with Crippen LogP contribution in [0.1, 0.15) is 37.0 Å². The van der Waals surface area contributed by atoms with Gasteiger partial charge in [0.15, 0.2) is 0 Å². The molecule has 2 amide bonds. The number of carbonyl (C=O) groups is 2. The maximum absolute atomic E-state index is 13.9. The van der Waals surface area contributed by atoms with Crippen molar-refractivity contribution in [3.8, 4) is 22.8 Å². The summed E-state index contributed by atoms with van der Waals surface area (Å²) in [6.07, 6.45) is 1.23. The Morgan fingerprint density at radius 1 is 1.17 bits per heavy atom. The van der Waals surface area contributed by atoms with Crippen LogP contribution in [-0.2, 0) is 4.74 Å². The zero-order chi connectivity index (χ0) is 21.3. The van der Waals surface area contributed by atoms with E-state index >= 15 is 0 Å². The fraction of sp³-hybridized carbons (Fsp3) is 0.273. The van der Waals surface area contributed by atoms with Gasteiger partial charge in [0, 0.05) is 11.1 Å². The molecule has 0 atom stereocenters. The lowest BCUT2D eigenvalue weighted by Gasteiger charge is -2.24. The van der Waals surface area contributed by atoms with Gasteiger partial charge >= 0.3 is 6.09 Å². The quantitative estimate of drug-likeness (QED) is 0.662. The van der Waals surface area contributed by atoms with Crippen molar-refractivity contribution in [1.82, 2.24) is 15.5 Å². The monoisotopic (exact) mass is 409 g/mol. The Bertz CT molecular complexity index is 1110. The van der Waals surface area contributed by atoms with Gasteiger partial charge in [0.1, 0.15) is 11.4 Å². The highest BCUT2D eigenvalue weighted by atomic mass is 19.1. The van der Waals surface area contributed by atoms with Crippen LogP contribution in [0, 0.1) is 11.7 Å². The zero-order valence-corrected chi connectivity index (χ0v) is 16.5. The fourth-order valence-corrected chi connectivity index (χ4v) is 3.18. The van der Waals surface area contributed by atoms with Crippen LogP contribution in [-0.4, -0.2) is 27.7 Å². The molecule has 7 nitrogen and oxygen atoms in total. The summed E-state index contributed by atoms with van der Waals surface area (Å²) in [7, 11) is 0. The molecule has 8 heteroatoms. The molecule has 3 aromatic rings. The minimum absolute atomic E-state index is 0.0313. The number of nitrogens with zero attached hydrogens (tertiary/aromatic N) is 2. The Labute approximate surface area is 172 Å². The van der Waals surface area contributed by atoms with E-state index in [1.54, 1.807) is 30.3 Å². The molecule has 0 radical (unpaired) electrons. The zero-order valence-electron chi connectivity index (χ0n) is 16.5. The van der Waals surface area contributed by atoms with E-state index in [1.165, 1.54) is 18.2 Å². The van der Waals surface area contributed by atoms with Crippen LogP contribution >= 0.6 is 0 Å². The number of imide groups is 1. The van der Waals surface area contributed by atoms with E-state index in [1.807, 2.05) is 13.8 Å². The number of hydrogen-bond donors (Lipinski definition) is 1. The molecule has 1 aliphatic rings. The summed E-state index contributed by atoms with van der Waals surface area (Å²) >= 11 is 0. The third-order valence-corrected chi connectivity index (χ3v) is 5.05. The molecular weight excluding hydrogens is 389 g/mol. The first-order valence-corrected chi connectivity index (χ1v) is 9.57. The highest BCUT2D eigenvalue weighted by Crippen LogP contribution is 2.41.